The highest BCUT2D eigenvalue weighted by Gasteiger charge is 2.21. The number of rotatable bonds is 7. The molecule has 0 bridgehead atoms. The van der Waals surface area contributed by atoms with Crippen molar-refractivity contribution in [3.05, 3.63) is 42.0 Å². The van der Waals surface area contributed by atoms with E-state index in [0.717, 1.165) is 43.5 Å². The molecule has 0 aliphatic carbocycles. The summed E-state index contributed by atoms with van der Waals surface area (Å²) in [4.78, 5) is 2.20. The predicted octanol–water partition coefficient (Wildman–Crippen LogP) is 2.82. The van der Waals surface area contributed by atoms with Crippen molar-refractivity contribution in [2.75, 3.05) is 42.9 Å². The minimum atomic E-state index is -3.98. The molecule has 10 heteroatoms. The van der Waals surface area contributed by atoms with E-state index in [1.807, 2.05) is 6.92 Å². The van der Waals surface area contributed by atoms with Crippen LogP contribution in [0.3, 0.4) is 0 Å². The van der Waals surface area contributed by atoms with Crippen molar-refractivity contribution in [3.63, 3.8) is 0 Å². The average molecular weight is 427 g/mol. The summed E-state index contributed by atoms with van der Waals surface area (Å²) in [7, 11) is -2.63. The first-order valence-corrected chi connectivity index (χ1v) is 10.5. The minimum Gasteiger partial charge on any atom is -0.495 e. The van der Waals surface area contributed by atoms with E-state index in [4.69, 9.17) is 4.74 Å². The number of ether oxygens (including phenoxy) is 2. The second-order valence-electron chi connectivity index (χ2n) is 6.53. The van der Waals surface area contributed by atoms with Crippen molar-refractivity contribution in [2.45, 2.75) is 18.4 Å². The largest absolute Gasteiger partial charge is 0.495 e. The lowest BCUT2D eigenvalue weighted by atomic mass is 10.1. The van der Waals surface area contributed by atoms with Gasteiger partial charge in [-0.2, -0.15) is 8.78 Å². The molecule has 0 radical (unpaired) electrons. The maximum absolute atomic E-state index is 13.0. The molecular formula is C19H23F2N3O4S. The maximum Gasteiger partial charge on any atom is 0.387 e. The summed E-state index contributed by atoms with van der Waals surface area (Å²) in [6.45, 7) is 2.10. The summed E-state index contributed by atoms with van der Waals surface area (Å²) in [5.74, 6) is 0.00791. The van der Waals surface area contributed by atoms with Crippen LogP contribution in [0, 0.1) is 6.92 Å². The van der Waals surface area contributed by atoms with Crippen molar-refractivity contribution in [3.8, 4) is 11.5 Å². The third-order valence-corrected chi connectivity index (χ3v) is 5.95. The third-order valence-electron chi connectivity index (χ3n) is 4.59. The lowest BCUT2D eigenvalue weighted by Crippen LogP contribution is -2.43. The Morgan fingerprint density at radius 2 is 1.86 bits per heavy atom. The molecule has 0 atom stereocenters. The van der Waals surface area contributed by atoms with Crippen LogP contribution in [0.1, 0.15) is 5.56 Å². The Labute approximate surface area is 168 Å². The molecule has 158 valence electrons. The van der Waals surface area contributed by atoms with Crippen molar-refractivity contribution in [1.82, 2.24) is 5.32 Å². The molecule has 2 aromatic rings. The quantitative estimate of drug-likeness (QED) is 0.708. The molecule has 0 amide bonds. The number of halogens is 2. The van der Waals surface area contributed by atoms with Gasteiger partial charge < -0.3 is 19.7 Å². The van der Waals surface area contributed by atoms with Crippen molar-refractivity contribution >= 4 is 21.4 Å². The van der Waals surface area contributed by atoms with Crippen molar-refractivity contribution < 1.29 is 26.7 Å². The summed E-state index contributed by atoms with van der Waals surface area (Å²) in [5.41, 5.74) is 1.82. The number of benzene rings is 2. The maximum atomic E-state index is 13.0. The Balaban J connectivity index is 1.91. The van der Waals surface area contributed by atoms with Crippen LogP contribution in [-0.4, -0.2) is 48.3 Å². The highest BCUT2D eigenvalue weighted by Crippen LogP contribution is 2.32. The number of piperazine rings is 1. The molecule has 0 saturated carbocycles. The number of anilines is 2. The zero-order valence-electron chi connectivity index (χ0n) is 16.1. The Morgan fingerprint density at radius 3 is 2.52 bits per heavy atom. The van der Waals surface area contributed by atoms with E-state index in [9.17, 15) is 17.2 Å². The topological polar surface area (TPSA) is 79.9 Å². The minimum absolute atomic E-state index is 0.00921. The van der Waals surface area contributed by atoms with E-state index in [2.05, 4.69) is 19.7 Å². The number of aryl methyl sites for hydroxylation is 1. The predicted molar refractivity (Wildman–Crippen MR) is 107 cm³/mol. The van der Waals surface area contributed by atoms with E-state index in [-0.39, 0.29) is 22.1 Å². The zero-order valence-corrected chi connectivity index (χ0v) is 16.9. The van der Waals surface area contributed by atoms with Crippen LogP contribution in [0.4, 0.5) is 20.2 Å². The summed E-state index contributed by atoms with van der Waals surface area (Å²) in [6.07, 6.45) is 0. The van der Waals surface area contributed by atoms with Gasteiger partial charge in [-0.05, 0) is 36.8 Å². The number of nitrogens with one attached hydrogen (secondary N) is 2. The summed E-state index contributed by atoms with van der Waals surface area (Å²) < 4.78 is 62.8. The van der Waals surface area contributed by atoms with Gasteiger partial charge in [0.15, 0.2) is 0 Å². The number of hydrogen-bond acceptors (Lipinski definition) is 6. The summed E-state index contributed by atoms with van der Waals surface area (Å²) >= 11 is 0. The first-order valence-electron chi connectivity index (χ1n) is 9.02. The smallest absolute Gasteiger partial charge is 0.387 e. The van der Waals surface area contributed by atoms with E-state index in [1.165, 1.54) is 25.3 Å². The number of sulfonamides is 1. The molecule has 1 fully saturated rings. The number of nitrogens with zero attached hydrogens (tertiary/aromatic N) is 1. The molecule has 1 heterocycles. The third kappa shape index (κ3) is 5.07. The van der Waals surface area contributed by atoms with Gasteiger partial charge in [0.05, 0.1) is 17.7 Å². The molecule has 2 N–H and O–H groups in total. The van der Waals surface area contributed by atoms with Gasteiger partial charge in [-0.1, -0.05) is 6.07 Å². The van der Waals surface area contributed by atoms with Crippen LogP contribution in [0.5, 0.6) is 11.5 Å². The molecule has 0 spiro atoms. The molecule has 29 heavy (non-hydrogen) atoms. The fraction of sp³-hybridized carbons (Fsp3) is 0.368. The number of hydrogen-bond donors (Lipinski definition) is 2. The highest BCUT2D eigenvalue weighted by atomic mass is 32.2. The van der Waals surface area contributed by atoms with E-state index < -0.39 is 16.6 Å². The summed E-state index contributed by atoms with van der Waals surface area (Å²) in [5, 5.41) is 3.26. The standard InChI is InChI=1S/C19H23F2N3O4S/c1-13-3-5-15(12-17(13)24-9-7-22-8-10-24)29(25,26)23-16-11-14(28-19(20)21)4-6-18(16)27-2/h3-6,11-12,19,22-23H,7-10H2,1-2H3. The molecule has 3 rings (SSSR count). The van der Waals surface area contributed by atoms with Crippen LogP contribution in [0.2, 0.25) is 0 Å². The van der Waals surface area contributed by atoms with Gasteiger partial charge in [0.25, 0.3) is 10.0 Å². The molecule has 2 aromatic carbocycles. The molecule has 1 aliphatic heterocycles. The molecule has 0 aromatic heterocycles. The lowest BCUT2D eigenvalue weighted by molar-refractivity contribution is -0.0498. The van der Waals surface area contributed by atoms with Crippen molar-refractivity contribution in [1.29, 1.82) is 0 Å². The van der Waals surface area contributed by atoms with E-state index >= 15 is 0 Å². The Hall–Kier alpha value is -2.59. The fourth-order valence-corrected chi connectivity index (χ4v) is 4.23. The first-order chi connectivity index (χ1) is 13.8. The molecule has 0 unspecified atom stereocenters. The first kappa shape index (κ1) is 21.1. The normalized spacial score (nSPS) is 14.7. The highest BCUT2D eigenvalue weighted by molar-refractivity contribution is 7.92. The molecule has 1 saturated heterocycles. The Bertz CT molecular complexity index is 964. The van der Waals surface area contributed by atoms with Crippen LogP contribution >= 0.6 is 0 Å². The second-order valence-corrected chi connectivity index (χ2v) is 8.21. The van der Waals surface area contributed by atoms with Gasteiger partial charge >= 0.3 is 6.61 Å². The lowest BCUT2D eigenvalue weighted by Gasteiger charge is -2.31. The Kier molecular flexibility index (Phi) is 6.43. The monoisotopic (exact) mass is 427 g/mol. The fourth-order valence-electron chi connectivity index (χ4n) is 3.15. The van der Waals surface area contributed by atoms with Crippen LogP contribution < -0.4 is 24.4 Å². The van der Waals surface area contributed by atoms with Crippen molar-refractivity contribution in [2.24, 2.45) is 0 Å². The zero-order chi connectivity index (χ0) is 21.0. The van der Waals surface area contributed by atoms with E-state index in [0.29, 0.717) is 0 Å². The van der Waals surface area contributed by atoms with Gasteiger partial charge in [0, 0.05) is 37.9 Å². The van der Waals surface area contributed by atoms with Gasteiger partial charge in [0.1, 0.15) is 11.5 Å². The SMILES string of the molecule is COc1ccc(OC(F)F)cc1NS(=O)(=O)c1ccc(C)c(N2CCNCC2)c1. The number of alkyl halides is 2. The van der Waals surface area contributed by atoms with Gasteiger partial charge in [-0.15, -0.1) is 0 Å². The number of methoxy groups -OCH3 is 1. The molecular weight excluding hydrogens is 404 g/mol. The van der Waals surface area contributed by atoms with Crippen LogP contribution in [-0.2, 0) is 10.0 Å². The average Bonchev–Trinajstić information content (AvgIpc) is 2.68. The van der Waals surface area contributed by atoms with E-state index in [1.54, 1.807) is 12.1 Å². The van der Waals surface area contributed by atoms with Gasteiger partial charge in [0.2, 0.25) is 0 Å². The van der Waals surface area contributed by atoms with Crippen LogP contribution in [0.15, 0.2) is 41.3 Å². The van der Waals surface area contributed by atoms with Crippen LogP contribution in [0.25, 0.3) is 0 Å². The van der Waals surface area contributed by atoms with Gasteiger partial charge in [-0.25, -0.2) is 8.42 Å². The second kappa shape index (κ2) is 8.83. The molecule has 7 nitrogen and oxygen atoms in total. The van der Waals surface area contributed by atoms with Gasteiger partial charge in [-0.3, -0.25) is 4.72 Å². The molecule has 1 aliphatic rings. The Morgan fingerprint density at radius 1 is 1.14 bits per heavy atom. The summed E-state index contributed by atoms with van der Waals surface area (Å²) in [6, 6.07) is 8.67.